The average molecular weight is 311 g/mol. The second-order valence-corrected chi connectivity index (χ2v) is 6.46. The highest BCUT2D eigenvalue weighted by atomic mass is 32.2. The number of H-pyrrole nitrogens is 1. The number of sulfonamides is 1. The first-order valence-electron chi connectivity index (χ1n) is 6.95. The molecule has 2 heterocycles. The molecule has 7 nitrogen and oxygen atoms in total. The molecule has 0 amide bonds. The van der Waals surface area contributed by atoms with Crippen molar-refractivity contribution >= 4 is 10.0 Å². The van der Waals surface area contributed by atoms with Gasteiger partial charge in [0.05, 0.1) is 11.2 Å². The van der Waals surface area contributed by atoms with E-state index >= 15 is 0 Å². The number of nitrogens with zero attached hydrogens (tertiary/aromatic N) is 2. The van der Waals surface area contributed by atoms with Crippen LogP contribution in [0, 0.1) is 0 Å². The fraction of sp³-hybridized carbons (Fsp3) is 0.462. The van der Waals surface area contributed by atoms with Crippen LogP contribution in [0.25, 0.3) is 0 Å². The minimum Gasteiger partial charge on any atom is -0.363 e. The van der Waals surface area contributed by atoms with Gasteiger partial charge in [-0.3, -0.25) is 0 Å². The van der Waals surface area contributed by atoms with Crippen molar-refractivity contribution in [1.29, 1.82) is 0 Å². The summed E-state index contributed by atoms with van der Waals surface area (Å²) in [4.78, 5) is 7.18. The summed E-state index contributed by atoms with van der Waals surface area (Å²) in [6.45, 7) is 4.61. The average Bonchev–Trinajstić information content (AvgIpc) is 3.13. The fourth-order valence-electron chi connectivity index (χ4n) is 1.91. The third-order valence-corrected chi connectivity index (χ3v) is 4.48. The third kappa shape index (κ3) is 4.69. The molecule has 2 aromatic heterocycles. The largest absolute Gasteiger partial charge is 0.363 e. The Morgan fingerprint density at radius 1 is 1.43 bits per heavy atom. The summed E-state index contributed by atoms with van der Waals surface area (Å²) < 4.78 is 28.7. The molecule has 0 atom stereocenters. The number of rotatable bonds is 9. The molecule has 2 aromatic rings. The van der Waals surface area contributed by atoms with Gasteiger partial charge in [0, 0.05) is 43.9 Å². The summed E-state index contributed by atoms with van der Waals surface area (Å²) in [6.07, 6.45) is 7.51. The summed E-state index contributed by atoms with van der Waals surface area (Å²) in [5, 5.41) is 3.14. The van der Waals surface area contributed by atoms with Crippen molar-refractivity contribution in [3.05, 3.63) is 36.7 Å². The Morgan fingerprint density at radius 2 is 2.29 bits per heavy atom. The van der Waals surface area contributed by atoms with Crippen molar-refractivity contribution in [2.24, 2.45) is 0 Å². The zero-order chi connectivity index (χ0) is 15.1. The molecule has 0 aliphatic carbocycles. The lowest BCUT2D eigenvalue weighted by Crippen LogP contribution is -2.25. The predicted octanol–water partition coefficient (Wildman–Crippen LogP) is 0.689. The Labute approximate surface area is 124 Å². The summed E-state index contributed by atoms with van der Waals surface area (Å²) in [5.41, 5.74) is 0.857. The molecule has 0 saturated heterocycles. The van der Waals surface area contributed by atoms with Gasteiger partial charge in [0.1, 0.15) is 0 Å². The van der Waals surface area contributed by atoms with Crippen molar-refractivity contribution in [3.63, 3.8) is 0 Å². The summed E-state index contributed by atoms with van der Waals surface area (Å²) in [5.74, 6) is 0. The molecular formula is C13H21N5O2S. The molecule has 0 radical (unpaired) electrons. The van der Waals surface area contributed by atoms with Crippen molar-refractivity contribution in [2.45, 2.75) is 31.3 Å². The molecule has 0 unspecified atom stereocenters. The van der Waals surface area contributed by atoms with Gasteiger partial charge in [0.25, 0.3) is 0 Å². The second-order valence-electron chi connectivity index (χ2n) is 4.69. The first-order valence-corrected chi connectivity index (χ1v) is 8.43. The predicted molar refractivity (Wildman–Crippen MR) is 80.2 cm³/mol. The van der Waals surface area contributed by atoms with Crippen molar-refractivity contribution in [1.82, 2.24) is 24.6 Å². The van der Waals surface area contributed by atoms with Crippen LogP contribution in [-0.2, 0) is 23.1 Å². The maximum absolute atomic E-state index is 12.1. The van der Waals surface area contributed by atoms with E-state index in [0.717, 1.165) is 18.8 Å². The molecule has 0 aromatic carbocycles. The maximum Gasteiger partial charge on any atom is 0.242 e. The number of aryl methyl sites for hydroxylation is 1. The smallest absolute Gasteiger partial charge is 0.242 e. The minimum absolute atomic E-state index is 0.276. The van der Waals surface area contributed by atoms with Gasteiger partial charge in [0.15, 0.2) is 0 Å². The third-order valence-electron chi connectivity index (χ3n) is 3.04. The zero-order valence-electron chi connectivity index (χ0n) is 12.0. The standard InChI is InChI=1S/C13H21N5O2S/c1-2-14-9-12-8-13(10-16-12)21(19,20)17-4-3-6-18-7-5-15-11-18/h5,7-8,10-11,14,16-17H,2-4,6,9H2,1H3. The molecule has 0 saturated carbocycles. The Balaban J connectivity index is 1.82. The van der Waals surface area contributed by atoms with Gasteiger partial charge in [-0.1, -0.05) is 6.92 Å². The fourth-order valence-corrected chi connectivity index (χ4v) is 3.00. The van der Waals surface area contributed by atoms with Crippen LogP contribution >= 0.6 is 0 Å². The van der Waals surface area contributed by atoms with Crippen LogP contribution < -0.4 is 10.0 Å². The van der Waals surface area contributed by atoms with E-state index in [0.29, 0.717) is 19.5 Å². The van der Waals surface area contributed by atoms with Crippen LogP contribution in [-0.4, -0.2) is 36.0 Å². The van der Waals surface area contributed by atoms with Crippen LogP contribution in [0.5, 0.6) is 0 Å². The molecule has 3 N–H and O–H groups in total. The van der Waals surface area contributed by atoms with Gasteiger partial charge in [-0.05, 0) is 19.0 Å². The van der Waals surface area contributed by atoms with E-state index in [1.165, 1.54) is 6.20 Å². The Kier molecular flexibility index (Phi) is 5.54. The van der Waals surface area contributed by atoms with E-state index in [1.54, 1.807) is 18.6 Å². The summed E-state index contributed by atoms with van der Waals surface area (Å²) in [7, 11) is -3.44. The number of aromatic amines is 1. The maximum atomic E-state index is 12.1. The van der Waals surface area contributed by atoms with Gasteiger partial charge in [-0.15, -0.1) is 0 Å². The molecule has 116 valence electrons. The van der Waals surface area contributed by atoms with Crippen LogP contribution in [0.3, 0.4) is 0 Å². The summed E-state index contributed by atoms with van der Waals surface area (Å²) >= 11 is 0. The Morgan fingerprint density at radius 3 is 3.00 bits per heavy atom. The molecule has 0 fully saturated rings. The van der Waals surface area contributed by atoms with Crippen molar-refractivity contribution < 1.29 is 8.42 Å². The van der Waals surface area contributed by atoms with E-state index in [9.17, 15) is 8.42 Å². The Hall–Kier alpha value is -1.64. The van der Waals surface area contributed by atoms with Crippen molar-refractivity contribution in [3.8, 4) is 0 Å². The van der Waals surface area contributed by atoms with Gasteiger partial charge in [-0.2, -0.15) is 0 Å². The van der Waals surface area contributed by atoms with E-state index in [1.807, 2.05) is 17.7 Å². The second kappa shape index (κ2) is 7.39. The molecular weight excluding hydrogens is 290 g/mol. The van der Waals surface area contributed by atoms with E-state index in [2.05, 4.69) is 20.0 Å². The monoisotopic (exact) mass is 311 g/mol. The SMILES string of the molecule is CCNCc1cc(S(=O)(=O)NCCCn2ccnc2)c[nH]1. The molecule has 2 rings (SSSR count). The number of hydrogen-bond acceptors (Lipinski definition) is 4. The lowest BCUT2D eigenvalue weighted by molar-refractivity contribution is 0.570. The van der Waals surface area contributed by atoms with Crippen LogP contribution in [0.1, 0.15) is 19.0 Å². The van der Waals surface area contributed by atoms with E-state index in [4.69, 9.17) is 0 Å². The molecule has 21 heavy (non-hydrogen) atoms. The van der Waals surface area contributed by atoms with Gasteiger partial charge < -0.3 is 14.9 Å². The van der Waals surface area contributed by atoms with E-state index in [-0.39, 0.29) is 4.90 Å². The van der Waals surface area contributed by atoms with Gasteiger partial charge in [0.2, 0.25) is 10.0 Å². The topological polar surface area (TPSA) is 91.8 Å². The molecule has 0 aliphatic heterocycles. The molecule has 0 spiro atoms. The van der Waals surface area contributed by atoms with Crippen molar-refractivity contribution in [2.75, 3.05) is 13.1 Å². The van der Waals surface area contributed by atoms with Crippen LogP contribution in [0.15, 0.2) is 35.9 Å². The number of aromatic nitrogens is 3. The summed E-state index contributed by atoms with van der Waals surface area (Å²) in [6, 6.07) is 1.65. The van der Waals surface area contributed by atoms with E-state index < -0.39 is 10.0 Å². The quantitative estimate of drug-likeness (QED) is 0.594. The normalized spacial score (nSPS) is 11.9. The first-order chi connectivity index (χ1) is 10.1. The first kappa shape index (κ1) is 15.7. The van der Waals surface area contributed by atoms with Gasteiger partial charge >= 0.3 is 0 Å². The lowest BCUT2D eigenvalue weighted by atomic mass is 10.4. The molecule has 0 aliphatic rings. The highest BCUT2D eigenvalue weighted by Crippen LogP contribution is 2.10. The zero-order valence-corrected chi connectivity index (χ0v) is 12.9. The van der Waals surface area contributed by atoms with Gasteiger partial charge in [-0.25, -0.2) is 18.1 Å². The number of imidazole rings is 1. The van der Waals surface area contributed by atoms with Crippen LogP contribution in [0.4, 0.5) is 0 Å². The minimum atomic E-state index is -3.44. The molecule has 8 heteroatoms. The number of hydrogen-bond donors (Lipinski definition) is 3. The lowest BCUT2D eigenvalue weighted by Gasteiger charge is -2.05. The highest BCUT2D eigenvalue weighted by Gasteiger charge is 2.15. The molecule has 0 bridgehead atoms. The number of nitrogens with one attached hydrogen (secondary N) is 3. The van der Waals surface area contributed by atoms with Crippen LogP contribution in [0.2, 0.25) is 0 Å². The highest BCUT2D eigenvalue weighted by molar-refractivity contribution is 7.89. The Bertz CT molecular complexity index is 633.